The molecular formula is C16H16ClN5O2S2. The number of hydrogen-bond acceptors (Lipinski definition) is 9. The van der Waals surface area contributed by atoms with E-state index in [9.17, 15) is 0 Å². The van der Waals surface area contributed by atoms with Gasteiger partial charge in [-0.25, -0.2) is 0 Å². The Balaban J connectivity index is 1.31. The molecule has 1 aromatic carbocycles. The van der Waals surface area contributed by atoms with Crippen molar-refractivity contribution in [2.45, 2.75) is 29.0 Å². The highest BCUT2D eigenvalue weighted by Crippen LogP contribution is 2.30. The Hall–Kier alpha value is -1.68. The van der Waals surface area contributed by atoms with Gasteiger partial charge >= 0.3 is 0 Å². The van der Waals surface area contributed by atoms with Gasteiger partial charge in [0.2, 0.25) is 16.8 Å². The minimum absolute atomic E-state index is 0.275. The number of benzene rings is 1. The lowest BCUT2D eigenvalue weighted by Gasteiger charge is -2.08. The van der Waals surface area contributed by atoms with E-state index in [2.05, 4.69) is 25.7 Å². The zero-order valence-electron chi connectivity index (χ0n) is 13.7. The maximum absolute atomic E-state index is 6.16. The molecule has 136 valence electrons. The molecule has 2 aromatic heterocycles. The second-order valence-corrected chi connectivity index (χ2v) is 8.28. The fraction of sp³-hybridized carbons (Fsp3) is 0.375. The van der Waals surface area contributed by atoms with Crippen LogP contribution in [0.4, 0.5) is 5.13 Å². The van der Waals surface area contributed by atoms with E-state index in [0.717, 1.165) is 41.0 Å². The molecule has 1 saturated heterocycles. The Kier molecular flexibility index (Phi) is 5.68. The highest BCUT2D eigenvalue weighted by atomic mass is 35.5. The highest BCUT2D eigenvalue weighted by molar-refractivity contribution is 8.00. The van der Waals surface area contributed by atoms with Crippen molar-refractivity contribution in [2.75, 3.05) is 18.5 Å². The third kappa shape index (κ3) is 4.35. The summed E-state index contributed by atoms with van der Waals surface area (Å²) < 4.78 is 11.7. The third-order valence-electron chi connectivity index (χ3n) is 3.81. The molecule has 1 unspecified atom stereocenters. The standard InChI is InChI=1S/C16H16ClN5O2S2/c17-12-6-2-1-5-11(12)14-19-13(24-22-14)9-25-16-21-20-15(26-16)18-8-10-4-3-7-23-10/h1-2,5-6,10H,3-4,7-9H2,(H,18,20). The molecule has 1 atom stereocenters. The molecule has 3 heterocycles. The van der Waals surface area contributed by atoms with Gasteiger partial charge in [-0.3, -0.25) is 0 Å². The summed E-state index contributed by atoms with van der Waals surface area (Å²) in [6, 6.07) is 7.41. The van der Waals surface area contributed by atoms with Gasteiger partial charge in [0.15, 0.2) is 4.34 Å². The molecule has 10 heteroatoms. The predicted octanol–water partition coefficient (Wildman–Crippen LogP) is 4.12. The summed E-state index contributed by atoms with van der Waals surface area (Å²) in [6.07, 6.45) is 2.50. The summed E-state index contributed by atoms with van der Waals surface area (Å²) >= 11 is 9.17. The summed E-state index contributed by atoms with van der Waals surface area (Å²) in [5.74, 6) is 1.54. The van der Waals surface area contributed by atoms with Gasteiger partial charge in [-0.05, 0) is 25.0 Å². The fourth-order valence-electron chi connectivity index (χ4n) is 2.53. The maximum Gasteiger partial charge on any atom is 0.237 e. The van der Waals surface area contributed by atoms with Crippen molar-refractivity contribution in [3.05, 3.63) is 35.2 Å². The molecule has 0 bridgehead atoms. The Labute approximate surface area is 163 Å². The van der Waals surface area contributed by atoms with Gasteiger partial charge < -0.3 is 14.6 Å². The van der Waals surface area contributed by atoms with Crippen LogP contribution in [0.5, 0.6) is 0 Å². The lowest BCUT2D eigenvalue weighted by Crippen LogP contribution is -2.18. The number of nitrogens with zero attached hydrogens (tertiary/aromatic N) is 4. The maximum atomic E-state index is 6.16. The van der Waals surface area contributed by atoms with Gasteiger partial charge in [0.1, 0.15) is 0 Å². The van der Waals surface area contributed by atoms with Crippen LogP contribution >= 0.6 is 34.7 Å². The summed E-state index contributed by atoms with van der Waals surface area (Å²) in [7, 11) is 0. The zero-order chi connectivity index (χ0) is 17.8. The van der Waals surface area contributed by atoms with Crippen LogP contribution in [0.1, 0.15) is 18.7 Å². The van der Waals surface area contributed by atoms with Crippen molar-refractivity contribution in [1.82, 2.24) is 20.3 Å². The van der Waals surface area contributed by atoms with Crippen LogP contribution in [-0.2, 0) is 10.5 Å². The van der Waals surface area contributed by atoms with Crippen molar-refractivity contribution in [1.29, 1.82) is 0 Å². The summed E-state index contributed by atoms with van der Waals surface area (Å²) in [5, 5.41) is 17.0. The van der Waals surface area contributed by atoms with E-state index in [1.54, 1.807) is 6.07 Å². The number of ether oxygens (including phenoxy) is 1. The summed E-state index contributed by atoms with van der Waals surface area (Å²) in [4.78, 5) is 4.39. The van der Waals surface area contributed by atoms with E-state index in [-0.39, 0.29) is 6.10 Å². The van der Waals surface area contributed by atoms with Gasteiger partial charge in [0, 0.05) is 18.7 Å². The van der Waals surface area contributed by atoms with Gasteiger partial charge in [0.25, 0.3) is 0 Å². The molecule has 0 radical (unpaired) electrons. The van der Waals surface area contributed by atoms with Crippen molar-refractivity contribution in [2.24, 2.45) is 0 Å². The van der Waals surface area contributed by atoms with Gasteiger partial charge in [-0.2, -0.15) is 4.98 Å². The summed E-state index contributed by atoms with van der Waals surface area (Å²) in [6.45, 7) is 1.62. The van der Waals surface area contributed by atoms with E-state index in [4.69, 9.17) is 20.9 Å². The van der Waals surface area contributed by atoms with Crippen molar-refractivity contribution in [3.8, 4) is 11.4 Å². The number of rotatable bonds is 7. The molecule has 7 nitrogen and oxygen atoms in total. The number of aromatic nitrogens is 4. The van der Waals surface area contributed by atoms with E-state index in [0.29, 0.717) is 22.5 Å². The normalized spacial score (nSPS) is 16.9. The van der Waals surface area contributed by atoms with Crippen molar-refractivity contribution < 1.29 is 9.26 Å². The van der Waals surface area contributed by atoms with Crippen LogP contribution in [0.15, 0.2) is 33.1 Å². The van der Waals surface area contributed by atoms with Crippen molar-refractivity contribution >= 4 is 39.8 Å². The topological polar surface area (TPSA) is 86.0 Å². The molecule has 26 heavy (non-hydrogen) atoms. The quantitative estimate of drug-likeness (QED) is 0.583. The second kappa shape index (κ2) is 8.34. The van der Waals surface area contributed by atoms with E-state index < -0.39 is 0 Å². The second-order valence-electron chi connectivity index (χ2n) is 5.67. The number of hydrogen-bond donors (Lipinski definition) is 1. The number of halogens is 1. The molecular weight excluding hydrogens is 394 g/mol. The molecule has 0 spiro atoms. The molecule has 0 amide bonds. The zero-order valence-corrected chi connectivity index (χ0v) is 16.1. The average Bonchev–Trinajstić information content (AvgIpc) is 3.40. The molecule has 1 aliphatic heterocycles. The Bertz CT molecular complexity index is 866. The first-order valence-electron chi connectivity index (χ1n) is 8.17. The van der Waals surface area contributed by atoms with Crippen LogP contribution in [0.25, 0.3) is 11.4 Å². The Morgan fingerprint density at radius 3 is 3.08 bits per heavy atom. The number of anilines is 1. The van der Waals surface area contributed by atoms with E-state index in [1.807, 2.05) is 18.2 Å². The smallest absolute Gasteiger partial charge is 0.237 e. The van der Waals surface area contributed by atoms with Gasteiger partial charge in [0.05, 0.1) is 16.9 Å². The van der Waals surface area contributed by atoms with Crippen LogP contribution in [-0.4, -0.2) is 39.6 Å². The molecule has 3 aromatic rings. The van der Waals surface area contributed by atoms with E-state index in [1.165, 1.54) is 23.1 Å². The predicted molar refractivity (Wildman–Crippen MR) is 102 cm³/mol. The van der Waals surface area contributed by atoms with Crippen LogP contribution < -0.4 is 5.32 Å². The molecule has 1 N–H and O–H groups in total. The number of thioether (sulfide) groups is 1. The van der Waals surface area contributed by atoms with Crippen LogP contribution in [0, 0.1) is 0 Å². The molecule has 0 saturated carbocycles. The third-order valence-corrected chi connectivity index (χ3v) is 6.14. The van der Waals surface area contributed by atoms with E-state index >= 15 is 0 Å². The first kappa shape index (κ1) is 17.7. The first-order valence-corrected chi connectivity index (χ1v) is 10.4. The summed E-state index contributed by atoms with van der Waals surface area (Å²) in [5.41, 5.74) is 0.755. The molecule has 0 aliphatic carbocycles. The molecule has 1 aliphatic rings. The van der Waals surface area contributed by atoms with Crippen LogP contribution in [0.2, 0.25) is 5.02 Å². The SMILES string of the molecule is Clc1ccccc1-c1noc(CSc2nnc(NCC3CCCO3)s2)n1. The fourth-order valence-corrected chi connectivity index (χ4v) is 4.35. The van der Waals surface area contributed by atoms with Gasteiger partial charge in [-0.15, -0.1) is 10.2 Å². The average molecular weight is 410 g/mol. The van der Waals surface area contributed by atoms with Gasteiger partial charge in [-0.1, -0.05) is 52.0 Å². The first-order chi connectivity index (χ1) is 12.8. The molecule has 4 rings (SSSR count). The highest BCUT2D eigenvalue weighted by Gasteiger charge is 2.16. The molecule has 1 fully saturated rings. The lowest BCUT2D eigenvalue weighted by molar-refractivity contribution is 0.120. The van der Waals surface area contributed by atoms with Crippen LogP contribution in [0.3, 0.4) is 0 Å². The number of nitrogens with one attached hydrogen (secondary N) is 1. The monoisotopic (exact) mass is 409 g/mol. The largest absolute Gasteiger partial charge is 0.376 e. The lowest BCUT2D eigenvalue weighted by atomic mass is 10.2. The minimum Gasteiger partial charge on any atom is -0.376 e. The van der Waals surface area contributed by atoms with Crippen molar-refractivity contribution in [3.63, 3.8) is 0 Å². The minimum atomic E-state index is 0.275. The Morgan fingerprint density at radius 1 is 1.31 bits per heavy atom. The Morgan fingerprint density at radius 2 is 2.23 bits per heavy atom.